The standard InChI is InChI=1S/C20H21ClF3N7O/c21-14-11-12(1-2-15(14)22)27-17(30-32)13-3-6-25-18-16(13)28-19(29-18)26-7-10-31-8-4-20(23,24)5-9-31/h1-3,6,11,32H,4-5,7-10H2,(H,27,30)(H2,25,26,28,29). The van der Waals surface area contributed by atoms with Crippen molar-refractivity contribution in [3.05, 3.63) is 46.9 Å². The van der Waals surface area contributed by atoms with Gasteiger partial charge in [0.15, 0.2) is 11.5 Å². The Morgan fingerprint density at radius 1 is 1.28 bits per heavy atom. The monoisotopic (exact) mass is 467 g/mol. The number of imidazole rings is 1. The lowest BCUT2D eigenvalue weighted by molar-refractivity contribution is -0.0543. The SMILES string of the molecule is O/N=C(\Nc1ccc(F)c(Cl)c1)c1ccnc2nc(NCCN3CCC(F)(F)CC3)[nH]c12. The van der Waals surface area contributed by atoms with E-state index in [1.165, 1.54) is 24.4 Å². The Balaban J connectivity index is 1.44. The number of rotatable bonds is 6. The van der Waals surface area contributed by atoms with E-state index in [9.17, 15) is 18.4 Å². The van der Waals surface area contributed by atoms with Crippen LogP contribution in [0.25, 0.3) is 11.2 Å². The summed E-state index contributed by atoms with van der Waals surface area (Å²) in [5.74, 6) is -2.59. The number of fused-ring (bicyclic) bond motifs is 1. The van der Waals surface area contributed by atoms with Crippen LogP contribution in [0.15, 0.2) is 35.6 Å². The maximum absolute atomic E-state index is 13.4. The van der Waals surface area contributed by atoms with E-state index in [4.69, 9.17) is 11.6 Å². The maximum Gasteiger partial charge on any atom is 0.250 e. The molecule has 170 valence electrons. The molecule has 1 saturated heterocycles. The Kier molecular flexibility index (Phi) is 6.38. The summed E-state index contributed by atoms with van der Waals surface area (Å²) in [5.41, 5.74) is 1.82. The molecule has 3 aromatic rings. The molecule has 1 aliphatic rings. The molecule has 0 spiro atoms. The van der Waals surface area contributed by atoms with E-state index >= 15 is 0 Å². The van der Waals surface area contributed by atoms with Gasteiger partial charge in [0.25, 0.3) is 5.92 Å². The van der Waals surface area contributed by atoms with E-state index < -0.39 is 11.7 Å². The van der Waals surface area contributed by atoms with E-state index in [2.05, 4.69) is 30.7 Å². The van der Waals surface area contributed by atoms with Crippen LogP contribution in [-0.2, 0) is 0 Å². The van der Waals surface area contributed by atoms with Gasteiger partial charge < -0.3 is 25.7 Å². The number of halogens is 4. The van der Waals surface area contributed by atoms with Crippen LogP contribution in [0.3, 0.4) is 0 Å². The number of H-pyrrole nitrogens is 1. The number of hydrogen-bond donors (Lipinski definition) is 4. The van der Waals surface area contributed by atoms with Crippen LogP contribution < -0.4 is 10.6 Å². The molecule has 0 radical (unpaired) electrons. The van der Waals surface area contributed by atoms with Crippen molar-refractivity contribution in [2.75, 3.05) is 36.8 Å². The molecule has 4 N–H and O–H groups in total. The Morgan fingerprint density at radius 3 is 2.78 bits per heavy atom. The van der Waals surface area contributed by atoms with E-state index in [1.54, 1.807) is 6.07 Å². The number of hydrogen-bond acceptors (Lipinski definition) is 6. The minimum Gasteiger partial charge on any atom is -0.409 e. The van der Waals surface area contributed by atoms with Crippen LogP contribution in [0.1, 0.15) is 18.4 Å². The van der Waals surface area contributed by atoms with Gasteiger partial charge in [0.2, 0.25) is 5.95 Å². The Bertz CT molecular complexity index is 1130. The fraction of sp³-hybridized carbons (Fsp3) is 0.350. The molecule has 1 aromatic carbocycles. The Labute approximate surface area is 186 Å². The van der Waals surface area contributed by atoms with Gasteiger partial charge in [-0.05, 0) is 24.3 Å². The van der Waals surface area contributed by atoms with Crippen molar-refractivity contribution in [1.82, 2.24) is 19.9 Å². The molecule has 0 bridgehead atoms. The van der Waals surface area contributed by atoms with E-state index in [-0.39, 0.29) is 23.7 Å². The lowest BCUT2D eigenvalue weighted by Gasteiger charge is -2.31. The average Bonchev–Trinajstić information content (AvgIpc) is 3.19. The maximum atomic E-state index is 13.4. The summed E-state index contributed by atoms with van der Waals surface area (Å²) in [6.45, 7) is 1.82. The van der Waals surface area contributed by atoms with Crippen LogP contribution in [0.4, 0.5) is 24.8 Å². The Hall–Kier alpha value is -3.05. The Morgan fingerprint density at radius 2 is 2.06 bits per heavy atom. The number of amidine groups is 1. The molecule has 0 unspecified atom stereocenters. The van der Waals surface area contributed by atoms with Gasteiger partial charge >= 0.3 is 0 Å². The number of oxime groups is 1. The molecule has 2 aromatic heterocycles. The molecule has 0 saturated carbocycles. The lowest BCUT2D eigenvalue weighted by atomic mass is 10.1. The number of aromatic nitrogens is 3. The van der Waals surface area contributed by atoms with Crippen molar-refractivity contribution < 1.29 is 18.4 Å². The summed E-state index contributed by atoms with van der Waals surface area (Å²) >= 11 is 5.81. The summed E-state index contributed by atoms with van der Waals surface area (Å²) in [6, 6.07) is 5.66. The molecule has 8 nitrogen and oxygen atoms in total. The van der Waals surface area contributed by atoms with Gasteiger partial charge in [-0.15, -0.1) is 0 Å². The van der Waals surface area contributed by atoms with E-state index in [1.807, 2.05) is 4.90 Å². The molecular formula is C20H21ClF3N7O. The number of pyridine rings is 1. The second-order valence-corrected chi connectivity index (χ2v) is 7.88. The molecule has 12 heteroatoms. The van der Waals surface area contributed by atoms with Gasteiger partial charge in [-0.25, -0.2) is 18.2 Å². The quantitative estimate of drug-likeness (QED) is 0.188. The predicted molar refractivity (Wildman–Crippen MR) is 116 cm³/mol. The van der Waals surface area contributed by atoms with Gasteiger partial charge in [0.05, 0.1) is 10.5 Å². The van der Waals surface area contributed by atoms with Gasteiger partial charge in [-0.1, -0.05) is 16.8 Å². The van der Waals surface area contributed by atoms with Crippen molar-refractivity contribution >= 4 is 40.2 Å². The molecule has 0 amide bonds. The van der Waals surface area contributed by atoms with Crippen LogP contribution in [0.2, 0.25) is 5.02 Å². The molecule has 1 fully saturated rings. The van der Waals surface area contributed by atoms with Gasteiger partial charge in [0.1, 0.15) is 5.82 Å². The predicted octanol–water partition coefficient (Wildman–Crippen LogP) is 4.14. The minimum atomic E-state index is -2.57. The molecule has 32 heavy (non-hydrogen) atoms. The number of aromatic amines is 1. The third kappa shape index (κ3) is 5.05. The first-order valence-electron chi connectivity index (χ1n) is 9.98. The van der Waals surface area contributed by atoms with Crippen molar-refractivity contribution in [2.24, 2.45) is 5.16 Å². The summed E-state index contributed by atoms with van der Waals surface area (Å²) in [5, 5.41) is 18.8. The molecule has 1 aliphatic heterocycles. The first kappa shape index (κ1) is 22.2. The second kappa shape index (κ2) is 9.21. The van der Waals surface area contributed by atoms with E-state index in [0.29, 0.717) is 54.5 Å². The second-order valence-electron chi connectivity index (χ2n) is 7.47. The number of benzene rings is 1. The number of piperidine rings is 1. The largest absolute Gasteiger partial charge is 0.409 e. The third-order valence-electron chi connectivity index (χ3n) is 5.24. The van der Waals surface area contributed by atoms with Crippen molar-refractivity contribution in [3.8, 4) is 0 Å². The number of anilines is 2. The highest BCUT2D eigenvalue weighted by Gasteiger charge is 2.33. The van der Waals surface area contributed by atoms with Crippen molar-refractivity contribution in [3.63, 3.8) is 0 Å². The third-order valence-corrected chi connectivity index (χ3v) is 5.53. The zero-order chi connectivity index (χ0) is 22.7. The molecule has 0 aliphatic carbocycles. The zero-order valence-electron chi connectivity index (χ0n) is 16.9. The van der Waals surface area contributed by atoms with Crippen LogP contribution in [-0.4, -0.2) is 63.0 Å². The molecule has 0 atom stereocenters. The molecular weight excluding hydrogens is 447 g/mol. The number of nitrogens with one attached hydrogen (secondary N) is 3. The normalized spacial score (nSPS) is 16.9. The summed E-state index contributed by atoms with van der Waals surface area (Å²) < 4.78 is 39.9. The summed E-state index contributed by atoms with van der Waals surface area (Å²) in [4.78, 5) is 13.7. The molecule has 3 heterocycles. The van der Waals surface area contributed by atoms with Crippen molar-refractivity contribution in [1.29, 1.82) is 0 Å². The highest BCUT2D eigenvalue weighted by Crippen LogP contribution is 2.27. The highest BCUT2D eigenvalue weighted by atomic mass is 35.5. The first-order chi connectivity index (χ1) is 15.3. The van der Waals surface area contributed by atoms with E-state index in [0.717, 1.165) is 0 Å². The topological polar surface area (TPSA) is 101 Å². The first-order valence-corrected chi connectivity index (χ1v) is 10.4. The zero-order valence-corrected chi connectivity index (χ0v) is 17.6. The van der Waals surface area contributed by atoms with Gasteiger partial charge in [-0.2, -0.15) is 4.98 Å². The van der Waals surface area contributed by atoms with Gasteiger partial charge in [-0.3, -0.25) is 0 Å². The molecule has 4 rings (SSSR count). The smallest absolute Gasteiger partial charge is 0.250 e. The van der Waals surface area contributed by atoms with Crippen LogP contribution in [0.5, 0.6) is 0 Å². The fourth-order valence-electron chi connectivity index (χ4n) is 3.49. The van der Waals surface area contributed by atoms with Crippen LogP contribution in [0, 0.1) is 5.82 Å². The number of alkyl halides is 2. The summed E-state index contributed by atoms with van der Waals surface area (Å²) in [6.07, 6.45) is 1.27. The lowest BCUT2D eigenvalue weighted by Crippen LogP contribution is -2.41. The summed E-state index contributed by atoms with van der Waals surface area (Å²) in [7, 11) is 0. The highest BCUT2D eigenvalue weighted by molar-refractivity contribution is 6.31. The number of nitrogens with zero attached hydrogens (tertiary/aromatic N) is 4. The minimum absolute atomic E-state index is 0.0717. The van der Waals surface area contributed by atoms with Gasteiger partial charge in [0, 0.05) is 56.5 Å². The van der Waals surface area contributed by atoms with Crippen molar-refractivity contribution in [2.45, 2.75) is 18.8 Å². The number of likely N-dealkylation sites (tertiary alicyclic amines) is 1. The fourth-order valence-corrected chi connectivity index (χ4v) is 3.67. The van der Waals surface area contributed by atoms with Crippen LogP contribution >= 0.6 is 11.6 Å². The average molecular weight is 468 g/mol.